The molecule has 1 nitrogen and oxygen atoms in total. The number of unbranched alkanes of at least 4 members (excludes halogenated alkanes) is 11. The van der Waals surface area contributed by atoms with Gasteiger partial charge in [-0.15, -0.1) is 0 Å². The lowest BCUT2D eigenvalue weighted by atomic mass is 9.98. The predicted octanol–water partition coefficient (Wildman–Crippen LogP) is 6.22. The van der Waals surface area contributed by atoms with Crippen molar-refractivity contribution in [2.75, 3.05) is 6.54 Å². The summed E-state index contributed by atoms with van der Waals surface area (Å²) in [5, 5.41) is 3.66. The first-order valence-corrected chi connectivity index (χ1v) is 9.67. The first-order chi connectivity index (χ1) is 9.93. The third-order valence-electron chi connectivity index (χ3n) is 4.82. The molecular weight excluding hydrogens is 242 g/mol. The minimum atomic E-state index is 0.854. The molecule has 0 spiro atoms. The molecule has 20 heavy (non-hydrogen) atoms. The van der Waals surface area contributed by atoms with Crippen molar-refractivity contribution in [3.05, 3.63) is 0 Å². The minimum Gasteiger partial charge on any atom is -0.314 e. The largest absolute Gasteiger partial charge is 0.314 e. The fourth-order valence-corrected chi connectivity index (χ4v) is 3.40. The van der Waals surface area contributed by atoms with Crippen molar-refractivity contribution in [2.24, 2.45) is 0 Å². The molecule has 0 aromatic heterocycles. The molecule has 1 heteroatoms. The zero-order chi connectivity index (χ0) is 14.3. The Labute approximate surface area is 128 Å². The molecule has 0 aliphatic carbocycles. The third kappa shape index (κ3) is 10.7. The number of hydrogen-bond donors (Lipinski definition) is 1. The van der Waals surface area contributed by atoms with Gasteiger partial charge in [-0.25, -0.2) is 0 Å². The van der Waals surface area contributed by atoms with Crippen molar-refractivity contribution in [1.29, 1.82) is 0 Å². The lowest BCUT2D eigenvalue weighted by molar-refractivity contribution is 0.370. The van der Waals surface area contributed by atoms with Crippen LogP contribution in [-0.4, -0.2) is 12.6 Å². The van der Waals surface area contributed by atoms with Gasteiger partial charge in [-0.1, -0.05) is 90.4 Å². The maximum atomic E-state index is 3.66. The van der Waals surface area contributed by atoms with Crippen LogP contribution in [0.15, 0.2) is 0 Å². The van der Waals surface area contributed by atoms with E-state index in [-0.39, 0.29) is 0 Å². The molecule has 0 amide bonds. The molecule has 120 valence electrons. The Balaban J connectivity index is 1.70. The lowest BCUT2D eigenvalue weighted by Gasteiger charge is -2.23. The second kappa shape index (κ2) is 13.9. The molecule has 1 unspecified atom stereocenters. The van der Waals surface area contributed by atoms with E-state index >= 15 is 0 Å². The molecule has 0 radical (unpaired) electrons. The summed E-state index contributed by atoms with van der Waals surface area (Å²) in [4.78, 5) is 0. The van der Waals surface area contributed by atoms with Crippen LogP contribution < -0.4 is 5.32 Å². The monoisotopic (exact) mass is 281 g/mol. The van der Waals surface area contributed by atoms with Gasteiger partial charge in [-0.3, -0.25) is 0 Å². The Hall–Kier alpha value is -0.0400. The van der Waals surface area contributed by atoms with Crippen molar-refractivity contribution in [3.8, 4) is 0 Å². The van der Waals surface area contributed by atoms with Gasteiger partial charge in [-0.2, -0.15) is 0 Å². The summed E-state index contributed by atoms with van der Waals surface area (Å²) in [5.74, 6) is 0. The Morgan fingerprint density at radius 1 is 0.700 bits per heavy atom. The van der Waals surface area contributed by atoms with E-state index in [4.69, 9.17) is 0 Å². The van der Waals surface area contributed by atoms with Crippen LogP contribution >= 0.6 is 0 Å². The molecule has 0 aromatic carbocycles. The van der Waals surface area contributed by atoms with Crippen LogP contribution in [0.5, 0.6) is 0 Å². The maximum Gasteiger partial charge on any atom is 0.00670 e. The molecule has 1 N–H and O–H groups in total. The first-order valence-electron chi connectivity index (χ1n) is 9.67. The Morgan fingerprint density at radius 3 is 1.75 bits per heavy atom. The molecule has 0 bridgehead atoms. The molecule has 1 heterocycles. The van der Waals surface area contributed by atoms with Gasteiger partial charge in [0, 0.05) is 6.04 Å². The third-order valence-corrected chi connectivity index (χ3v) is 4.82. The van der Waals surface area contributed by atoms with Crippen LogP contribution in [0.25, 0.3) is 0 Å². The maximum absolute atomic E-state index is 3.66. The Morgan fingerprint density at radius 2 is 1.25 bits per heavy atom. The highest BCUT2D eigenvalue weighted by molar-refractivity contribution is 4.71. The van der Waals surface area contributed by atoms with Crippen molar-refractivity contribution in [3.63, 3.8) is 0 Å². The van der Waals surface area contributed by atoms with E-state index in [0.717, 1.165) is 6.04 Å². The summed E-state index contributed by atoms with van der Waals surface area (Å²) >= 11 is 0. The molecule has 1 atom stereocenters. The van der Waals surface area contributed by atoms with Crippen molar-refractivity contribution in [1.82, 2.24) is 5.32 Å². The van der Waals surface area contributed by atoms with Gasteiger partial charge in [0.25, 0.3) is 0 Å². The summed E-state index contributed by atoms with van der Waals surface area (Å²) in [6, 6.07) is 0.854. The smallest absolute Gasteiger partial charge is 0.00670 e. The fraction of sp³-hybridized carbons (Fsp3) is 1.00. The van der Waals surface area contributed by atoms with Gasteiger partial charge in [0.15, 0.2) is 0 Å². The Bertz CT molecular complexity index is 184. The van der Waals surface area contributed by atoms with Gasteiger partial charge in [0.2, 0.25) is 0 Å². The van der Waals surface area contributed by atoms with E-state index in [1.807, 2.05) is 0 Å². The summed E-state index contributed by atoms with van der Waals surface area (Å²) in [6.45, 7) is 3.56. The second-order valence-corrected chi connectivity index (χ2v) is 6.82. The lowest BCUT2D eigenvalue weighted by Crippen LogP contribution is -2.33. The van der Waals surface area contributed by atoms with E-state index in [9.17, 15) is 0 Å². The quantitative estimate of drug-likeness (QED) is 0.395. The van der Waals surface area contributed by atoms with Gasteiger partial charge >= 0.3 is 0 Å². The highest BCUT2D eigenvalue weighted by Gasteiger charge is 2.11. The van der Waals surface area contributed by atoms with Crippen molar-refractivity contribution < 1.29 is 0 Å². The summed E-state index contributed by atoms with van der Waals surface area (Å²) in [5.41, 5.74) is 0. The summed E-state index contributed by atoms with van der Waals surface area (Å²) < 4.78 is 0. The molecule has 0 saturated carbocycles. The molecule has 1 fully saturated rings. The molecule has 0 aromatic rings. The summed E-state index contributed by atoms with van der Waals surface area (Å²) in [7, 11) is 0. The minimum absolute atomic E-state index is 0.854. The van der Waals surface area contributed by atoms with Gasteiger partial charge in [0.1, 0.15) is 0 Å². The zero-order valence-electron chi connectivity index (χ0n) is 14.1. The standard InChI is InChI=1S/C19H39N/c1-2-3-4-5-6-7-8-9-10-11-12-13-16-19-17-14-15-18-20-19/h19-20H,2-18H2,1H3. The van der Waals surface area contributed by atoms with E-state index < -0.39 is 0 Å². The van der Waals surface area contributed by atoms with Crippen LogP contribution in [0.3, 0.4) is 0 Å². The molecule has 1 aliphatic heterocycles. The van der Waals surface area contributed by atoms with E-state index in [2.05, 4.69) is 12.2 Å². The molecule has 1 rings (SSSR count). The predicted molar refractivity (Wildman–Crippen MR) is 91.3 cm³/mol. The molecule has 1 saturated heterocycles. The van der Waals surface area contributed by atoms with E-state index in [0.29, 0.717) is 0 Å². The number of hydrogen-bond acceptors (Lipinski definition) is 1. The van der Waals surface area contributed by atoms with Gasteiger partial charge in [-0.05, 0) is 25.8 Å². The Kier molecular flexibility index (Phi) is 12.5. The van der Waals surface area contributed by atoms with Gasteiger partial charge < -0.3 is 5.32 Å². The van der Waals surface area contributed by atoms with Crippen LogP contribution in [0.4, 0.5) is 0 Å². The van der Waals surface area contributed by atoms with Crippen LogP contribution in [0, 0.1) is 0 Å². The number of nitrogens with one attached hydrogen (secondary N) is 1. The highest BCUT2D eigenvalue weighted by atomic mass is 14.9. The SMILES string of the molecule is CCCCCCCCCCCCCCC1CCCCN1. The first kappa shape index (κ1) is 18.0. The van der Waals surface area contributed by atoms with E-state index in [1.165, 1.54) is 109 Å². The number of rotatable bonds is 13. The normalized spacial score (nSPS) is 19.4. The highest BCUT2D eigenvalue weighted by Crippen LogP contribution is 2.15. The van der Waals surface area contributed by atoms with Crippen molar-refractivity contribution >= 4 is 0 Å². The average Bonchev–Trinajstić information content (AvgIpc) is 2.49. The zero-order valence-corrected chi connectivity index (χ0v) is 14.1. The van der Waals surface area contributed by atoms with E-state index in [1.54, 1.807) is 0 Å². The van der Waals surface area contributed by atoms with Crippen LogP contribution in [0.2, 0.25) is 0 Å². The van der Waals surface area contributed by atoms with Gasteiger partial charge in [0.05, 0.1) is 0 Å². The average molecular weight is 282 g/mol. The number of piperidine rings is 1. The van der Waals surface area contributed by atoms with Crippen LogP contribution in [-0.2, 0) is 0 Å². The topological polar surface area (TPSA) is 12.0 Å². The van der Waals surface area contributed by atoms with Crippen molar-refractivity contribution in [2.45, 2.75) is 116 Å². The fourth-order valence-electron chi connectivity index (χ4n) is 3.40. The van der Waals surface area contributed by atoms with Crippen LogP contribution in [0.1, 0.15) is 110 Å². The molecular formula is C19H39N. The summed E-state index contributed by atoms with van der Waals surface area (Å²) in [6.07, 6.45) is 23.3. The second-order valence-electron chi connectivity index (χ2n) is 6.82. The molecule has 1 aliphatic rings.